The summed E-state index contributed by atoms with van der Waals surface area (Å²) in [6, 6.07) is 3.35. The molecule has 16 heavy (non-hydrogen) atoms. The molecule has 6 heteroatoms. The van der Waals surface area contributed by atoms with Crippen molar-refractivity contribution < 1.29 is 4.79 Å². The minimum atomic E-state index is -0.275. The SMILES string of the molecule is NC(=O)C1CCN(c2nc(Cl)ccc2N)C1. The van der Waals surface area contributed by atoms with Gasteiger partial charge in [-0.2, -0.15) is 0 Å². The molecular formula is C10H13ClN4O. The van der Waals surface area contributed by atoms with Crippen molar-refractivity contribution in [3.63, 3.8) is 0 Å². The Morgan fingerprint density at radius 3 is 2.94 bits per heavy atom. The van der Waals surface area contributed by atoms with Crippen LogP contribution >= 0.6 is 11.6 Å². The van der Waals surface area contributed by atoms with E-state index in [-0.39, 0.29) is 11.8 Å². The topological polar surface area (TPSA) is 85.2 Å². The van der Waals surface area contributed by atoms with Gasteiger partial charge in [-0.15, -0.1) is 0 Å². The number of rotatable bonds is 2. The summed E-state index contributed by atoms with van der Waals surface area (Å²) in [5, 5.41) is 0.395. The summed E-state index contributed by atoms with van der Waals surface area (Å²) in [4.78, 5) is 17.2. The lowest BCUT2D eigenvalue weighted by Crippen LogP contribution is -2.28. The van der Waals surface area contributed by atoms with Crippen molar-refractivity contribution in [1.29, 1.82) is 0 Å². The minimum absolute atomic E-state index is 0.125. The molecular weight excluding hydrogens is 228 g/mol. The number of carbonyl (C=O) groups excluding carboxylic acids is 1. The van der Waals surface area contributed by atoms with Gasteiger partial charge in [-0.1, -0.05) is 11.6 Å². The van der Waals surface area contributed by atoms with Crippen LogP contribution in [0.2, 0.25) is 5.15 Å². The highest BCUT2D eigenvalue weighted by molar-refractivity contribution is 6.29. The summed E-state index contributed by atoms with van der Waals surface area (Å²) >= 11 is 5.81. The van der Waals surface area contributed by atoms with Crippen molar-refractivity contribution in [1.82, 2.24) is 4.98 Å². The van der Waals surface area contributed by atoms with Crippen LogP contribution in [0.1, 0.15) is 6.42 Å². The van der Waals surface area contributed by atoms with Crippen LogP contribution in [0.5, 0.6) is 0 Å². The monoisotopic (exact) mass is 240 g/mol. The average molecular weight is 241 g/mol. The molecule has 4 N–H and O–H groups in total. The number of nitrogen functional groups attached to an aromatic ring is 1. The summed E-state index contributed by atoms with van der Waals surface area (Å²) < 4.78 is 0. The van der Waals surface area contributed by atoms with Crippen LogP contribution in [0, 0.1) is 5.92 Å². The zero-order valence-corrected chi connectivity index (χ0v) is 9.44. The molecule has 86 valence electrons. The number of primary amides is 1. The molecule has 0 radical (unpaired) electrons. The molecule has 2 rings (SSSR count). The summed E-state index contributed by atoms with van der Waals surface area (Å²) in [6.07, 6.45) is 0.739. The number of amides is 1. The Bertz CT molecular complexity index is 423. The number of halogens is 1. The van der Waals surface area contributed by atoms with Gasteiger partial charge in [0.05, 0.1) is 11.6 Å². The smallest absolute Gasteiger partial charge is 0.222 e. The van der Waals surface area contributed by atoms with Gasteiger partial charge in [0.25, 0.3) is 0 Å². The summed E-state index contributed by atoms with van der Waals surface area (Å²) in [6.45, 7) is 1.29. The van der Waals surface area contributed by atoms with E-state index in [1.807, 2.05) is 4.90 Å². The molecule has 0 aliphatic carbocycles. The van der Waals surface area contributed by atoms with Crippen molar-refractivity contribution in [3.8, 4) is 0 Å². The van der Waals surface area contributed by atoms with E-state index in [0.717, 1.165) is 13.0 Å². The fraction of sp³-hybridized carbons (Fsp3) is 0.400. The lowest BCUT2D eigenvalue weighted by atomic mass is 10.1. The van der Waals surface area contributed by atoms with Gasteiger partial charge in [0.2, 0.25) is 5.91 Å². The van der Waals surface area contributed by atoms with Crippen LogP contribution in [0.25, 0.3) is 0 Å². The van der Waals surface area contributed by atoms with Crippen molar-refractivity contribution in [2.75, 3.05) is 23.7 Å². The number of hydrogen-bond acceptors (Lipinski definition) is 4. The molecule has 1 fully saturated rings. The van der Waals surface area contributed by atoms with Gasteiger partial charge in [0.1, 0.15) is 5.15 Å². The lowest BCUT2D eigenvalue weighted by molar-refractivity contribution is -0.121. The molecule has 1 atom stereocenters. The molecule has 1 unspecified atom stereocenters. The highest BCUT2D eigenvalue weighted by atomic mass is 35.5. The summed E-state index contributed by atoms with van der Waals surface area (Å²) in [5.41, 5.74) is 11.6. The molecule has 0 spiro atoms. The molecule has 2 heterocycles. The minimum Gasteiger partial charge on any atom is -0.396 e. The highest BCUT2D eigenvalue weighted by Crippen LogP contribution is 2.28. The number of aromatic nitrogens is 1. The number of nitrogens with zero attached hydrogens (tertiary/aromatic N) is 2. The number of hydrogen-bond donors (Lipinski definition) is 2. The van der Waals surface area contributed by atoms with Crippen LogP contribution in [-0.2, 0) is 4.79 Å². The second-order valence-electron chi connectivity index (χ2n) is 3.88. The first kappa shape index (κ1) is 11.0. The largest absolute Gasteiger partial charge is 0.396 e. The van der Waals surface area contributed by atoms with Crippen molar-refractivity contribution in [2.45, 2.75) is 6.42 Å². The quantitative estimate of drug-likeness (QED) is 0.743. The second-order valence-corrected chi connectivity index (χ2v) is 4.27. The second kappa shape index (κ2) is 4.17. The van der Waals surface area contributed by atoms with Crippen LogP contribution < -0.4 is 16.4 Å². The maximum absolute atomic E-state index is 11.0. The van der Waals surface area contributed by atoms with Gasteiger partial charge >= 0.3 is 0 Å². The van der Waals surface area contributed by atoms with E-state index in [1.165, 1.54) is 0 Å². The Kier molecular flexibility index (Phi) is 2.87. The maximum Gasteiger partial charge on any atom is 0.222 e. The first-order chi connectivity index (χ1) is 7.58. The zero-order valence-electron chi connectivity index (χ0n) is 8.69. The van der Waals surface area contributed by atoms with Gasteiger partial charge in [-0.05, 0) is 18.6 Å². The van der Waals surface area contributed by atoms with E-state index in [4.69, 9.17) is 23.1 Å². The van der Waals surface area contributed by atoms with Gasteiger partial charge in [-0.3, -0.25) is 4.79 Å². The van der Waals surface area contributed by atoms with E-state index in [2.05, 4.69) is 4.98 Å². The number of anilines is 2. The van der Waals surface area contributed by atoms with Crippen LogP contribution in [0.3, 0.4) is 0 Å². The van der Waals surface area contributed by atoms with Gasteiger partial charge in [0, 0.05) is 13.1 Å². The van der Waals surface area contributed by atoms with E-state index in [1.54, 1.807) is 12.1 Å². The van der Waals surface area contributed by atoms with Crippen LogP contribution in [0.4, 0.5) is 11.5 Å². The summed E-state index contributed by atoms with van der Waals surface area (Å²) in [7, 11) is 0. The lowest BCUT2D eigenvalue weighted by Gasteiger charge is -2.18. The molecule has 1 aromatic heterocycles. The normalized spacial score (nSPS) is 20.1. The summed E-state index contributed by atoms with van der Waals surface area (Å²) in [5.74, 6) is 0.236. The standard InChI is InChI=1S/C10H13ClN4O/c11-8-2-1-7(12)10(14-8)15-4-3-6(5-15)9(13)16/h1-2,6H,3-5,12H2,(H2,13,16). The Morgan fingerprint density at radius 2 is 2.31 bits per heavy atom. The Morgan fingerprint density at radius 1 is 1.56 bits per heavy atom. The van der Waals surface area contributed by atoms with Crippen molar-refractivity contribution in [2.24, 2.45) is 11.7 Å². The Hall–Kier alpha value is -1.49. The third-order valence-corrected chi connectivity index (χ3v) is 2.97. The molecule has 0 aromatic carbocycles. The van der Waals surface area contributed by atoms with Gasteiger partial charge in [0.15, 0.2) is 5.82 Å². The van der Waals surface area contributed by atoms with Crippen molar-refractivity contribution >= 4 is 29.0 Å². The zero-order chi connectivity index (χ0) is 11.7. The van der Waals surface area contributed by atoms with Crippen molar-refractivity contribution in [3.05, 3.63) is 17.3 Å². The van der Waals surface area contributed by atoms with Crippen LogP contribution in [-0.4, -0.2) is 24.0 Å². The highest BCUT2D eigenvalue weighted by Gasteiger charge is 2.28. The molecule has 1 saturated heterocycles. The van der Waals surface area contributed by atoms with E-state index in [9.17, 15) is 4.79 Å². The molecule has 0 saturated carbocycles. The third-order valence-electron chi connectivity index (χ3n) is 2.76. The molecule has 1 aliphatic heterocycles. The maximum atomic E-state index is 11.0. The number of pyridine rings is 1. The molecule has 1 aromatic rings. The van der Waals surface area contributed by atoms with E-state index in [0.29, 0.717) is 23.2 Å². The molecule has 1 amide bonds. The van der Waals surface area contributed by atoms with E-state index < -0.39 is 0 Å². The Labute approximate surface area is 98.4 Å². The molecule has 0 bridgehead atoms. The third kappa shape index (κ3) is 2.04. The number of nitrogens with two attached hydrogens (primary N) is 2. The van der Waals surface area contributed by atoms with Gasteiger partial charge < -0.3 is 16.4 Å². The predicted molar refractivity (Wildman–Crippen MR) is 63.2 cm³/mol. The van der Waals surface area contributed by atoms with Gasteiger partial charge in [-0.25, -0.2) is 4.98 Å². The average Bonchev–Trinajstić information content (AvgIpc) is 2.70. The fourth-order valence-electron chi connectivity index (χ4n) is 1.87. The number of carbonyl (C=O) groups is 1. The molecule has 1 aliphatic rings. The Balaban J connectivity index is 2.20. The van der Waals surface area contributed by atoms with E-state index >= 15 is 0 Å². The molecule has 5 nitrogen and oxygen atoms in total. The first-order valence-electron chi connectivity index (χ1n) is 5.04. The predicted octanol–water partition coefficient (Wildman–Crippen LogP) is 0.629. The first-order valence-corrected chi connectivity index (χ1v) is 5.42. The fourth-order valence-corrected chi connectivity index (χ4v) is 2.02. The van der Waals surface area contributed by atoms with Crippen LogP contribution in [0.15, 0.2) is 12.1 Å².